The van der Waals surface area contributed by atoms with Gasteiger partial charge in [-0.2, -0.15) is 5.26 Å². The number of ether oxygens (including phenoxy) is 1. The molecule has 0 unspecified atom stereocenters. The molecule has 3 N–H and O–H groups in total. The largest absolute Gasteiger partial charge is 0.396 e. The van der Waals surface area contributed by atoms with Crippen molar-refractivity contribution in [2.45, 2.75) is 32.6 Å². The summed E-state index contributed by atoms with van der Waals surface area (Å²) in [5.41, 5.74) is 6.58. The summed E-state index contributed by atoms with van der Waals surface area (Å²) in [5, 5.41) is 13.1. The fraction of sp³-hybridized carbons (Fsp3) is 0.571. The van der Waals surface area contributed by atoms with Crippen molar-refractivity contribution in [2.24, 2.45) is 0 Å². The van der Waals surface area contributed by atoms with Gasteiger partial charge >= 0.3 is 0 Å². The number of nitrogens with two attached hydrogens (primary N) is 1. The molecule has 1 rings (SSSR count). The molecule has 0 aliphatic rings. The number of unbranched alkanes of at least 4 members (excludes halogenated alkanes) is 2. The minimum Gasteiger partial charge on any atom is -0.396 e. The van der Waals surface area contributed by atoms with Gasteiger partial charge in [-0.25, -0.2) is 0 Å². The van der Waals surface area contributed by atoms with E-state index in [-0.39, 0.29) is 5.78 Å². The number of hydrogen-bond acceptors (Lipinski definition) is 6. The predicted octanol–water partition coefficient (Wildman–Crippen LogP) is 3.02. The van der Waals surface area contributed by atoms with Gasteiger partial charge in [0.1, 0.15) is 16.6 Å². The minimum atomic E-state index is -0.0165. The number of nitrogen functional groups attached to an aromatic ring is 1. The third-order valence-corrected chi connectivity index (χ3v) is 4.15. The average molecular weight is 295 g/mol. The Hall–Kier alpha value is -1.58. The molecule has 0 bridgehead atoms. The monoisotopic (exact) mass is 295 g/mol. The molecule has 0 saturated heterocycles. The summed E-state index contributed by atoms with van der Waals surface area (Å²) in [6.07, 6.45) is 3.47. The van der Waals surface area contributed by atoms with Crippen LogP contribution < -0.4 is 11.1 Å². The molecular formula is C14H21N3O2S. The highest BCUT2D eigenvalue weighted by Crippen LogP contribution is 2.35. The first kappa shape index (κ1) is 16.5. The number of nitrogens with zero attached hydrogens (tertiary/aromatic N) is 1. The van der Waals surface area contributed by atoms with Gasteiger partial charge in [-0.15, -0.1) is 11.3 Å². The van der Waals surface area contributed by atoms with Crippen molar-refractivity contribution in [3.8, 4) is 6.07 Å². The Labute approximate surface area is 123 Å². The van der Waals surface area contributed by atoms with Crippen LogP contribution >= 0.6 is 11.3 Å². The molecule has 0 radical (unpaired) electrons. The van der Waals surface area contributed by atoms with E-state index in [2.05, 4.69) is 11.4 Å². The van der Waals surface area contributed by atoms with Gasteiger partial charge < -0.3 is 15.8 Å². The number of carbonyl (C=O) groups excluding carboxylic acids is 1. The summed E-state index contributed by atoms with van der Waals surface area (Å²) in [6, 6.07) is 2.08. The Bertz CT molecular complexity index is 491. The lowest BCUT2D eigenvalue weighted by atomic mass is 10.2. The Morgan fingerprint density at radius 3 is 2.80 bits per heavy atom. The van der Waals surface area contributed by atoms with Crippen LogP contribution in [0.4, 0.5) is 10.7 Å². The highest BCUT2D eigenvalue weighted by Gasteiger charge is 2.19. The summed E-state index contributed by atoms with van der Waals surface area (Å²) in [6.45, 7) is 3.32. The molecule has 0 amide bonds. The van der Waals surface area contributed by atoms with Gasteiger partial charge in [0.15, 0.2) is 5.78 Å². The summed E-state index contributed by atoms with van der Waals surface area (Å²) in [5.74, 6) is -0.0165. The number of ketones is 1. The van der Waals surface area contributed by atoms with Crippen molar-refractivity contribution in [3.63, 3.8) is 0 Å². The number of carbonyl (C=O) groups is 1. The number of thiophene rings is 1. The molecule has 0 aromatic carbocycles. The first-order chi connectivity index (χ1) is 9.65. The van der Waals surface area contributed by atoms with Crippen LogP contribution in [0.1, 0.15) is 47.8 Å². The number of methoxy groups -OCH3 is 1. The van der Waals surface area contributed by atoms with Gasteiger partial charge in [0.05, 0.1) is 10.6 Å². The highest BCUT2D eigenvalue weighted by atomic mass is 32.1. The fourth-order valence-corrected chi connectivity index (χ4v) is 2.90. The molecule has 1 heterocycles. The van der Waals surface area contributed by atoms with Crippen molar-refractivity contribution in [1.82, 2.24) is 0 Å². The van der Waals surface area contributed by atoms with E-state index in [4.69, 9.17) is 15.7 Å². The van der Waals surface area contributed by atoms with Crippen LogP contribution in [0.2, 0.25) is 0 Å². The highest BCUT2D eigenvalue weighted by molar-refractivity contribution is 7.19. The van der Waals surface area contributed by atoms with Crippen molar-refractivity contribution in [3.05, 3.63) is 10.4 Å². The second kappa shape index (κ2) is 8.56. The van der Waals surface area contributed by atoms with Gasteiger partial charge in [0.25, 0.3) is 0 Å². The Morgan fingerprint density at radius 2 is 2.20 bits per heavy atom. The van der Waals surface area contributed by atoms with Crippen LogP contribution in [0.25, 0.3) is 0 Å². The number of nitrogens with one attached hydrogen (secondary N) is 1. The topological polar surface area (TPSA) is 88.1 Å². The average Bonchev–Trinajstić information content (AvgIpc) is 2.78. The van der Waals surface area contributed by atoms with Gasteiger partial charge in [0.2, 0.25) is 0 Å². The van der Waals surface area contributed by atoms with Crippen LogP contribution in [0.3, 0.4) is 0 Å². The predicted molar refractivity (Wildman–Crippen MR) is 82.3 cm³/mol. The first-order valence-corrected chi connectivity index (χ1v) is 7.55. The standard InChI is InChI=1S/C14H21N3O2S/c1-3-11(18)13-12(16)10(9-15)14(20-13)17-7-5-4-6-8-19-2/h17H,3-8,16H2,1-2H3. The quantitative estimate of drug-likeness (QED) is 0.540. The lowest BCUT2D eigenvalue weighted by Crippen LogP contribution is -2.02. The van der Waals surface area contributed by atoms with E-state index in [9.17, 15) is 4.79 Å². The van der Waals surface area contributed by atoms with Crippen molar-refractivity contribution >= 4 is 27.8 Å². The van der Waals surface area contributed by atoms with Crippen LogP contribution in [0, 0.1) is 11.3 Å². The number of hydrogen-bond donors (Lipinski definition) is 2. The van der Waals surface area contributed by atoms with Gasteiger partial charge in [0, 0.05) is 26.7 Å². The maximum atomic E-state index is 11.7. The fourth-order valence-electron chi connectivity index (χ4n) is 1.80. The summed E-state index contributed by atoms with van der Waals surface area (Å²) in [7, 11) is 1.69. The Morgan fingerprint density at radius 1 is 1.45 bits per heavy atom. The lowest BCUT2D eigenvalue weighted by Gasteiger charge is -2.04. The van der Waals surface area contributed by atoms with Crippen molar-refractivity contribution < 1.29 is 9.53 Å². The lowest BCUT2D eigenvalue weighted by molar-refractivity contribution is 0.0993. The molecule has 0 atom stereocenters. The normalized spacial score (nSPS) is 10.2. The summed E-state index contributed by atoms with van der Waals surface area (Å²) >= 11 is 1.28. The van der Waals surface area contributed by atoms with E-state index in [1.165, 1.54) is 11.3 Å². The minimum absolute atomic E-state index is 0.0165. The molecule has 1 aromatic rings. The van der Waals surface area contributed by atoms with E-state index in [1.807, 2.05) is 0 Å². The molecule has 6 heteroatoms. The van der Waals surface area contributed by atoms with E-state index < -0.39 is 0 Å². The molecule has 0 aliphatic heterocycles. The smallest absolute Gasteiger partial charge is 0.174 e. The van der Waals surface area contributed by atoms with Crippen molar-refractivity contribution in [1.29, 1.82) is 5.26 Å². The van der Waals surface area contributed by atoms with Crippen LogP contribution in [-0.2, 0) is 4.74 Å². The molecule has 20 heavy (non-hydrogen) atoms. The maximum absolute atomic E-state index is 11.7. The first-order valence-electron chi connectivity index (χ1n) is 6.74. The zero-order chi connectivity index (χ0) is 15.0. The molecule has 5 nitrogen and oxygen atoms in total. The van der Waals surface area contributed by atoms with Gasteiger partial charge in [-0.1, -0.05) is 6.92 Å². The number of anilines is 2. The zero-order valence-electron chi connectivity index (χ0n) is 12.0. The third kappa shape index (κ3) is 4.22. The third-order valence-electron chi connectivity index (χ3n) is 2.94. The van der Waals surface area contributed by atoms with Crippen LogP contribution in [0.5, 0.6) is 0 Å². The van der Waals surface area contributed by atoms with Crippen LogP contribution in [0.15, 0.2) is 0 Å². The SMILES string of the molecule is CCC(=O)c1sc(NCCCCCOC)c(C#N)c1N. The molecular weight excluding hydrogens is 274 g/mol. The van der Waals surface area contributed by atoms with E-state index >= 15 is 0 Å². The summed E-state index contributed by atoms with van der Waals surface area (Å²) in [4.78, 5) is 12.2. The maximum Gasteiger partial charge on any atom is 0.174 e. The van der Waals surface area contributed by atoms with Gasteiger partial charge in [-0.05, 0) is 19.3 Å². The molecule has 110 valence electrons. The van der Waals surface area contributed by atoms with E-state index in [1.54, 1.807) is 14.0 Å². The number of nitriles is 1. The molecule has 0 fully saturated rings. The number of rotatable bonds is 9. The van der Waals surface area contributed by atoms with E-state index in [0.29, 0.717) is 27.5 Å². The van der Waals surface area contributed by atoms with Gasteiger partial charge in [-0.3, -0.25) is 4.79 Å². The number of Topliss-reactive ketones (excluding diaryl/α,β-unsaturated/α-hetero) is 1. The van der Waals surface area contributed by atoms with Crippen molar-refractivity contribution in [2.75, 3.05) is 31.3 Å². The molecule has 0 aliphatic carbocycles. The second-order valence-corrected chi connectivity index (χ2v) is 5.44. The van der Waals surface area contributed by atoms with Crippen LogP contribution in [-0.4, -0.2) is 26.0 Å². The molecule has 0 saturated carbocycles. The molecule has 0 spiro atoms. The Balaban J connectivity index is 2.62. The second-order valence-electron chi connectivity index (χ2n) is 4.42. The van der Waals surface area contributed by atoms with E-state index in [0.717, 1.165) is 32.4 Å². The Kier molecular flexibility index (Phi) is 7.05. The summed E-state index contributed by atoms with van der Waals surface area (Å²) < 4.78 is 4.99. The zero-order valence-corrected chi connectivity index (χ0v) is 12.8. The molecule has 1 aromatic heterocycles.